The Morgan fingerprint density at radius 2 is 2.26 bits per heavy atom. The predicted octanol–water partition coefficient (Wildman–Crippen LogP) is 2.72. The van der Waals surface area contributed by atoms with E-state index in [2.05, 4.69) is 37.3 Å². The number of nitrogens with zero attached hydrogens (tertiary/aromatic N) is 3. The molecule has 1 N–H and O–H groups in total. The Balaban J connectivity index is 2.39. The van der Waals surface area contributed by atoms with Crippen molar-refractivity contribution in [1.82, 2.24) is 15.1 Å². The Kier molecular flexibility index (Phi) is 3.98. The Morgan fingerprint density at radius 1 is 1.47 bits per heavy atom. The van der Waals surface area contributed by atoms with Gasteiger partial charge in [0.1, 0.15) is 0 Å². The van der Waals surface area contributed by atoms with E-state index in [1.807, 2.05) is 29.1 Å². The van der Waals surface area contributed by atoms with E-state index >= 15 is 0 Å². The molecule has 2 rings (SSSR count). The van der Waals surface area contributed by atoms with Gasteiger partial charge in [0.05, 0.1) is 23.5 Å². The molecular weight excluding hydrogens is 236 g/mol. The van der Waals surface area contributed by atoms with Crippen LogP contribution >= 0.6 is 0 Å². The third-order valence-electron chi connectivity index (χ3n) is 3.24. The van der Waals surface area contributed by atoms with Crippen LogP contribution in [0.15, 0.2) is 30.5 Å². The Hall–Kier alpha value is -2.12. The maximum absolute atomic E-state index is 8.95. The number of aromatic nitrogens is 2. The third-order valence-corrected chi connectivity index (χ3v) is 3.24. The molecule has 4 heteroatoms. The smallest absolute Gasteiger partial charge is 0.0992 e. The average molecular weight is 254 g/mol. The van der Waals surface area contributed by atoms with Crippen LogP contribution in [0.25, 0.3) is 5.69 Å². The van der Waals surface area contributed by atoms with E-state index in [4.69, 9.17) is 5.26 Å². The van der Waals surface area contributed by atoms with Crippen molar-refractivity contribution in [2.24, 2.45) is 0 Å². The highest BCUT2D eigenvalue weighted by molar-refractivity contribution is 5.42. The van der Waals surface area contributed by atoms with Crippen LogP contribution in [-0.4, -0.2) is 16.3 Å². The first kappa shape index (κ1) is 13.3. The van der Waals surface area contributed by atoms with E-state index in [9.17, 15) is 0 Å². The number of rotatable bonds is 4. The van der Waals surface area contributed by atoms with Gasteiger partial charge in [-0.15, -0.1) is 0 Å². The fourth-order valence-corrected chi connectivity index (χ4v) is 2.23. The van der Waals surface area contributed by atoms with Crippen molar-refractivity contribution in [2.75, 3.05) is 6.54 Å². The topological polar surface area (TPSA) is 53.6 Å². The van der Waals surface area contributed by atoms with Crippen molar-refractivity contribution >= 4 is 0 Å². The summed E-state index contributed by atoms with van der Waals surface area (Å²) in [5, 5.41) is 16.8. The Bertz CT molecular complexity index is 607. The molecule has 19 heavy (non-hydrogen) atoms. The zero-order chi connectivity index (χ0) is 13.8. The fraction of sp³-hybridized carbons (Fsp3) is 0.333. The van der Waals surface area contributed by atoms with Crippen molar-refractivity contribution < 1.29 is 0 Å². The van der Waals surface area contributed by atoms with Crippen LogP contribution in [0.3, 0.4) is 0 Å². The van der Waals surface area contributed by atoms with Gasteiger partial charge in [0.2, 0.25) is 0 Å². The zero-order valence-electron chi connectivity index (χ0n) is 11.5. The van der Waals surface area contributed by atoms with Gasteiger partial charge in [0, 0.05) is 17.3 Å². The molecule has 1 aromatic heterocycles. The van der Waals surface area contributed by atoms with Crippen molar-refractivity contribution in [3.63, 3.8) is 0 Å². The average Bonchev–Trinajstić information content (AvgIpc) is 2.81. The van der Waals surface area contributed by atoms with E-state index in [1.54, 1.807) is 6.07 Å². The van der Waals surface area contributed by atoms with E-state index in [1.165, 1.54) is 5.56 Å². The highest BCUT2D eigenvalue weighted by atomic mass is 15.3. The van der Waals surface area contributed by atoms with Crippen molar-refractivity contribution in [2.45, 2.75) is 26.8 Å². The summed E-state index contributed by atoms with van der Waals surface area (Å²) in [6.45, 7) is 7.20. The van der Waals surface area contributed by atoms with Gasteiger partial charge < -0.3 is 5.32 Å². The van der Waals surface area contributed by atoms with Gasteiger partial charge >= 0.3 is 0 Å². The highest BCUT2D eigenvalue weighted by Crippen LogP contribution is 2.20. The van der Waals surface area contributed by atoms with E-state index in [0.29, 0.717) is 5.56 Å². The minimum Gasteiger partial charge on any atom is -0.310 e. The minimum absolute atomic E-state index is 0.276. The number of hydrogen-bond donors (Lipinski definition) is 1. The number of hydrogen-bond acceptors (Lipinski definition) is 3. The van der Waals surface area contributed by atoms with Crippen molar-refractivity contribution in [3.05, 3.63) is 47.3 Å². The van der Waals surface area contributed by atoms with Gasteiger partial charge in [0.25, 0.3) is 0 Å². The predicted molar refractivity (Wildman–Crippen MR) is 75.1 cm³/mol. The second-order valence-corrected chi connectivity index (χ2v) is 4.54. The molecule has 4 nitrogen and oxygen atoms in total. The first-order chi connectivity index (χ1) is 9.17. The maximum Gasteiger partial charge on any atom is 0.0992 e. The summed E-state index contributed by atoms with van der Waals surface area (Å²) >= 11 is 0. The largest absolute Gasteiger partial charge is 0.310 e. The molecule has 0 fully saturated rings. The molecule has 1 heterocycles. The van der Waals surface area contributed by atoms with Gasteiger partial charge in [-0.1, -0.05) is 13.0 Å². The standard InChI is InChI=1S/C15H18N4/c1-4-17-11(2)15-10-18-19(12(15)3)14-7-5-6-13(8-14)9-16/h5-8,10-11,17H,4H2,1-3H3. The van der Waals surface area contributed by atoms with Crippen LogP contribution < -0.4 is 5.32 Å². The molecule has 0 amide bonds. The van der Waals surface area contributed by atoms with Crippen LogP contribution in [0.5, 0.6) is 0 Å². The summed E-state index contributed by atoms with van der Waals surface area (Å²) < 4.78 is 1.88. The molecule has 0 saturated carbocycles. The van der Waals surface area contributed by atoms with Gasteiger partial charge in [-0.2, -0.15) is 10.4 Å². The Labute approximate surface area is 113 Å². The lowest BCUT2D eigenvalue weighted by Gasteiger charge is -2.12. The highest BCUT2D eigenvalue weighted by Gasteiger charge is 2.13. The second kappa shape index (κ2) is 5.68. The molecule has 0 aliphatic heterocycles. The second-order valence-electron chi connectivity index (χ2n) is 4.54. The molecule has 98 valence electrons. The lowest BCUT2D eigenvalue weighted by molar-refractivity contribution is 0.594. The van der Waals surface area contributed by atoms with E-state index < -0.39 is 0 Å². The SMILES string of the molecule is CCNC(C)c1cnn(-c2cccc(C#N)c2)c1C. The van der Waals surface area contributed by atoms with Crippen LogP contribution in [0.2, 0.25) is 0 Å². The quantitative estimate of drug-likeness (QED) is 0.912. The monoisotopic (exact) mass is 254 g/mol. The van der Waals surface area contributed by atoms with Gasteiger partial charge in [-0.3, -0.25) is 0 Å². The summed E-state index contributed by atoms with van der Waals surface area (Å²) in [5.74, 6) is 0. The molecule has 0 aliphatic rings. The maximum atomic E-state index is 8.95. The molecule has 0 spiro atoms. The lowest BCUT2D eigenvalue weighted by atomic mass is 10.1. The number of benzene rings is 1. The molecule has 0 bridgehead atoms. The molecule has 0 saturated heterocycles. The molecule has 2 aromatic rings. The van der Waals surface area contributed by atoms with Crippen LogP contribution in [-0.2, 0) is 0 Å². The van der Waals surface area contributed by atoms with Crippen LogP contribution in [0, 0.1) is 18.3 Å². The number of nitrogens with one attached hydrogen (secondary N) is 1. The van der Waals surface area contributed by atoms with E-state index in [-0.39, 0.29) is 6.04 Å². The summed E-state index contributed by atoms with van der Waals surface area (Å²) in [4.78, 5) is 0. The summed E-state index contributed by atoms with van der Waals surface area (Å²) in [6.07, 6.45) is 1.89. The molecule has 0 radical (unpaired) electrons. The van der Waals surface area contributed by atoms with Crippen molar-refractivity contribution in [3.8, 4) is 11.8 Å². The lowest BCUT2D eigenvalue weighted by Crippen LogP contribution is -2.18. The minimum atomic E-state index is 0.276. The van der Waals surface area contributed by atoms with Crippen LogP contribution in [0.1, 0.15) is 36.7 Å². The first-order valence-corrected chi connectivity index (χ1v) is 6.45. The molecular formula is C15H18N4. The Morgan fingerprint density at radius 3 is 2.95 bits per heavy atom. The summed E-state index contributed by atoms with van der Waals surface area (Å²) in [7, 11) is 0. The zero-order valence-corrected chi connectivity index (χ0v) is 11.5. The van der Waals surface area contributed by atoms with Crippen molar-refractivity contribution in [1.29, 1.82) is 5.26 Å². The fourth-order valence-electron chi connectivity index (χ4n) is 2.23. The van der Waals surface area contributed by atoms with Gasteiger partial charge in [-0.05, 0) is 38.6 Å². The molecule has 1 unspecified atom stereocenters. The van der Waals surface area contributed by atoms with Gasteiger partial charge in [0.15, 0.2) is 0 Å². The van der Waals surface area contributed by atoms with Gasteiger partial charge in [-0.25, -0.2) is 4.68 Å². The first-order valence-electron chi connectivity index (χ1n) is 6.45. The van der Waals surface area contributed by atoms with Crippen LogP contribution in [0.4, 0.5) is 0 Å². The summed E-state index contributed by atoms with van der Waals surface area (Å²) in [6, 6.07) is 9.91. The summed E-state index contributed by atoms with van der Waals surface area (Å²) in [5.41, 5.74) is 3.85. The molecule has 1 atom stereocenters. The number of nitriles is 1. The normalized spacial score (nSPS) is 12.1. The molecule has 0 aliphatic carbocycles. The third kappa shape index (κ3) is 2.67. The van der Waals surface area contributed by atoms with E-state index in [0.717, 1.165) is 17.9 Å². The molecule has 1 aromatic carbocycles.